The highest BCUT2D eigenvalue weighted by atomic mass is 79.9. The van der Waals surface area contributed by atoms with Gasteiger partial charge < -0.3 is 5.32 Å². The second-order valence-electron chi connectivity index (χ2n) is 5.59. The van der Waals surface area contributed by atoms with E-state index in [1.165, 1.54) is 25.3 Å². The van der Waals surface area contributed by atoms with E-state index in [4.69, 9.17) is 0 Å². The second-order valence-corrected chi connectivity index (χ2v) is 6.44. The fraction of sp³-hybridized carbons (Fsp3) is 0.188. The van der Waals surface area contributed by atoms with Crippen LogP contribution in [0.1, 0.15) is 17.0 Å². The monoisotopic (exact) mass is 429 g/mol. The van der Waals surface area contributed by atoms with Crippen molar-refractivity contribution in [1.29, 1.82) is 0 Å². The molecule has 0 fully saturated rings. The van der Waals surface area contributed by atoms with E-state index in [0.717, 1.165) is 10.7 Å². The summed E-state index contributed by atoms with van der Waals surface area (Å²) in [5, 5.41) is 6.41. The Labute approximate surface area is 154 Å². The van der Waals surface area contributed by atoms with Crippen molar-refractivity contribution in [2.75, 3.05) is 5.32 Å². The summed E-state index contributed by atoms with van der Waals surface area (Å²) < 4.78 is 53.5. The van der Waals surface area contributed by atoms with Crippen LogP contribution < -0.4 is 5.32 Å². The minimum absolute atomic E-state index is 0.0941. The molecular weight excluding hydrogens is 418 g/mol. The van der Waals surface area contributed by atoms with Gasteiger partial charge in [-0.2, -0.15) is 23.3 Å². The maximum atomic E-state index is 13.5. The lowest BCUT2D eigenvalue weighted by atomic mass is 10.2. The lowest BCUT2D eigenvalue weighted by molar-refractivity contribution is -0.141. The van der Waals surface area contributed by atoms with E-state index in [9.17, 15) is 17.6 Å². The third-order valence-corrected chi connectivity index (χ3v) is 3.96. The molecule has 3 rings (SSSR count). The number of benzene rings is 1. The van der Waals surface area contributed by atoms with Crippen LogP contribution in [0.4, 0.5) is 29.2 Å². The largest absolute Gasteiger partial charge is 0.435 e. The molecule has 0 atom stereocenters. The van der Waals surface area contributed by atoms with Gasteiger partial charge in [0.25, 0.3) is 0 Å². The molecule has 2 aromatic heterocycles. The normalized spacial score (nSPS) is 11.7. The van der Waals surface area contributed by atoms with Gasteiger partial charge in [0.05, 0.1) is 4.47 Å². The molecular formula is C16H12BrF4N5. The van der Waals surface area contributed by atoms with Crippen molar-refractivity contribution >= 4 is 27.6 Å². The Morgan fingerprint density at radius 1 is 1.12 bits per heavy atom. The zero-order valence-corrected chi connectivity index (χ0v) is 15.2. The van der Waals surface area contributed by atoms with E-state index in [0.29, 0.717) is 15.7 Å². The molecule has 0 unspecified atom stereocenters. The first-order chi connectivity index (χ1) is 12.1. The maximum absolute atomic E-state index is 13.5. The summed E-state index contributed by atoms with van der Waals surface area (Å²) in [7, 11) is 0. The van der Waals surface area contributed by atoms with Gasteiger partial charge >= 0.3 is 6.18 Å². The van der Waals surface area contributed by atoms with E-state index in [1.54, 1.807) is 13.0 Å². The van der Waals surface area contributed by atoms with E-state index >= 15 is 0 Å². The quantitative estimate of drug-likeness (QED) is 0.598. The number of halogens is 5. The summed E-state index contributed by atoms with van der Waals surface area (Å²) in [6.45, 7) is 3.22. The minimum atomic E-state index is -4.56. The third-order valence-electron chi connectivity index (χ3n) is 3.40. The van der Waals surface area contributed by atoms with Crippen LogP contribution in [0.3, 0.4) is 0 Å². The molecule has 0 aliphatic rings. The molecule has 3 aromatic rings. The predicted octanol–water partition coefficient (Wildman–Crippen LogP) is 4.94. The fourth-order valence-electron chi connectivity index (χ4n) is 2.33. The van der Waals surface area contributed by atoms with Crippen LogP contribution in [0.25, 0.3) is 5.82 Å². The van der Waals surface area contributed by atoms with E-state index in [2.05, 4.69) is 36.3 Å². The number of anilines is 2. The Morgan fingerprint density at radius 3 is 2.46 bits per heavy atom. The Kier molecular flexibility index (Phi) is 4.70. The molecule has 0 bridgehead atoms. The molecule has 0 aliphatic heterocycles. The molecule has 5 nitrogen and oxygen atoms in total. The molecule has 10 heteroatoms. The number of alkyl halides is 3. The van der Waals surface area contributed by atoms with Crippen molar-refractivity contribution in [2.45, 2.75) is 20.0 Å². The van der Waals surface area contributed by atoms with Crippen molar-refractivity contribution in [3.8, 4) is 5.82 Å². The Bertz CT molecular complexity index is 948. The minimum Gasteiger partial charge on any atom is -0.324 e. The summed E-state index contributed by atoms with van der Waals surface area (Å²) in [5.41, 5.74) is 0.353. The van der Waals surface area contributed by atoms with Gasteiger partial charge in [-0.3, -0.25) is 0 Å². The number of hydrogen-bond donors (Lipinski definition) is 1. The highest BCUT2D eigenvalue weighted by Gasteiger charge is 2.34. The summed E-state index contributed by atoms with van der Waals surface area (Å²) in [6, 6.07) is 5.25. The lowest BCUT2D eigenvalue weighted by Crippen LogP contribution is -2.10. The highest BCUT2D eigenvalue weighted by Crippen LogP contribution is 2.30. The number of rotatable bonds is 3. The molecule has 1 N–H and O–H groups in total. The Morgan fingerprint density at radius 2 is 1.85 bits per heavy atom. The smallest absolute Gasteiger partial charge is 0.324 e. The number of nitrogens with zero attached hydrogens (tertiary/aromatic N) is 4. The fourth-order valence-corrected chi connectivity index (χ4v) is 2.69. The summed E-state index contributed by atoms with van der Waals surface area (Å²) >= 11 is 3.21. The topological polar surface area (TPSA) is 55.6 Å². The molecule has 0 saturated heterocycles. The van der Waals surface area contributed by atoms with Gasteiger partial charge in [-0.25, -0.2) is 14.1 Å². The molecule has 0 radical (unpaired) electrons. The molecule has 26 heavy (non-hydrogen) atoms. The average molecular weight is 430 g/mol. The first kappa shape index (κ1) is 18.3. The van der Waals surface area contributed by atoms with Gasteiger partial charge in [-0.15, -0.1) is 0 Å². The van der Waals surface area contributed by atoms with Gasteiger partial charge in [0.1, 0.15) is 5.82 Å². The molecule has 0 aliphatic carbocycles. The number of aryl methyl sites for hydroxylation is 2. The first-order valence-corrected chi connectivity index (χ1v) is 8.14. The number of nitrogens with one attached hydrogen (secondary N) is 1. The first-order valence-electron chi connectivity index (χ1n) is 7.34. The van der Waals surface area contributed by atoms with Gasteiger partial charge in [0, 0.05) is 17.6 Å². The zero-order valence-electron chi connectivity index (χ0n) is 13.6. The van der Waals surface area contributed by atoms with Crippen LogP contribution in [0.15, 0.2) is 34.9 Å². The van der Waals surface area contributed by atoms with Crippen LogP contribution in [0, 0.1) is 19.7 Å². The number of hydrogen-bond acceptors (Lipinski definition) is 4. The number of aromatic nitrogens is 4. The second kappa shape index (κ2) is 6.67. The highest BCUT2D eigenvalue weighted by molar-refractivity contribution is 9.10. The van der Waals surface area contributed by atoms with Gasteiger partial charge in [-0.1, -0.05) is 0 Å². The van der Waals surface area contributed by atoms with Crippen molar-refractivity contribution in [3.63, 3.8) is 0 Å². The zero-order chi connectivity index (χ0) is 19.1. The van der Waals surface area contributed by atoms with E-state index < -0.39 is 17.7 Å². The van der Waals surface area contributed by atoms with Gasteiger partial charge in [0.2, 0.25) is 5.95 Å². The molecule has 0 amide bonds. The van der Waals surface area contributed by atoms with E-state index in [1.807, 2.05) is 0 Å². The van der Waals surface area contributed by atoms with Crippen LogP contribution in [0.2, 0.25) is 0 Å². The third kappa shape index (κ3) is 3.85. The Balaban J connectivity index is 1.99. The standard InChI is InChI=1S/C16H12BrF4N5/c1-8-3-10(18)6-11(4-8)23-15-22-7-12(17)14(24-15)26-9(2)5-13(25-26)16(19,20)21/h3-7H,1-2H3,(H,22,23,24). The van der Waals surface area contributed by atoms with Crippen LogP contribution in [0.5, 0.6) is 0 Å². The van der Waals surface area contributed by atoms with Crippen molar-refractivity contribution in [1.82, 2.24) is 19.7 Å². The molecule has 2 heterocycles. The molecule has 0 spiro atoms. The van der Waals surface area contributed by atoms with Gasteiger partial charge in [0.15, 0.2) is 11.5 Å². The van der Waals surface area contributed by atoms with E-state index in [-0.39, 0.29) is 17.5 Å². The Hall–Kier alpha value is -2.49. The van der Waals surface area contributed by atoms with Crippen LogP contribution in [-0.2, 0) is 6.18 Å². The maximum Gasteiger partial charge on any atom is 0.435 e. The average Bonchev–Trinajstić information content (AvgIpc) is 2.90. The van der Waals surface area contributed by atoms with Gasteiger partial charge in [-0.05, 0) is 59.6 Å². The summed E-state index contributed by atoms with van der Waals surface area (Å²) in [5.74, 6) is -0.206. The summed E-state index contributed by atoms with van der Waals surface area (Å²) in [4.78, 5) is 8.24. The molecule has 136 valence electrons. The molecule has 1 aromatic carbocycles. The van der Waals surface area contributed by atoms with Crippen molar-refractivity contribution in [2.24, 2.45) is 0 Å². The van der Waals surface area contributed by atoms with Crippen molar-refractivity contribution < 1.29 is 17.6 Å². The summed E-state index contributed by atoms with van der Waals surface area (Å²) in [6.07, 6.45) is -3.18. The lowest BCUT2D eigenvalue weighted by Gasteiger charge is -2.10. The van der Waals surface area contributed by atoms with Crippen LogP contribution >= 0.6 is 15.9 Å². The van der Waals surface area contributed by atoms with Crippen LogP contribution in [-0.4, -0.2) is 19.7 Å². The predicted molar refractivity (Wildman–Crippen MR) is 91.0 cm³/mol. The SMILES string of the molecule is Cc1cc(F)cc(Nc2ncc(Br)c(-n3nc(C(F)(F)F)cc3C)n2)c1. The van der Waals surface area contributed by atoms with Crippen molar-refractivity contribution in [3.05, 3.63) is 57.7 Å². The molecule has 0 saturated carbocycles.